The van der Waals surface area contributed by atoms with Crippen molar-refractivity contribution < 1.29 is 52.5 Å². The third-order valence-corrected chi connectivity index (χ3v) is 9.90. The minimum Gasteiger partial charge on any atom is -0.385 e. The smallest absolute Gasteiger partial charge is 0.187 e. The molecular weight excluding hydrogens is 741 g/mol. The average Bonchev–Trinajstić information content (AvgIpc) is 3.27. The summed E-state index contributed by atoms with van der Waals surface area (Å²) in [5, 5.41) is 11.5. The van der Waals surface area contributed by atoms with Crippen LogP contribution in [0.25, 0.3) is 0 Å². The van der Waals surface area contributed by atoms with Crippen molar-refractivity contribution in [3.63, 3.8) is 0 Å². The van der Waals surface area contributed by atoms with Gasteiger partial charge in [0.25, 0.3) is 0 Å². The molecule has 0 bridgehead atoms. The molecule has 310 valence electrons. The van der Waals surface area contributed by atoms with Crippen molar-refractivity contribution in [1.82, 2.24) is 0 Å². The number of rotatable bonds is 23. The minimum absolute atomic E-state index is 0.0832. The maximum Gasteiger partial charge on any atom is 0.187 e. The van der Waals surface area contributed by atoms with E-state index in [1.165, 1.54) is 7.11 Å². The number of aliphatic hydroxyl groups excluding tert-OH is 1. The Morgan fingerprint density at radius 1 is 0.500 bits per heavy atom. The number of methoxy groups -OCH3 is 1. The lowest BCUT2D eigenvalue weighted by atomic mass is 9.96. The third kappa shape index (κ3) is 12.5. The standard InChI is InChI=1S/C47H56O11/c1-4-26-50-32-39-42(43(52-27-5-2)40(48)46(49-3)56-39)58-47-45(55-31-37-24-16-9-17-25-37)44(54-30-36-22-14-8-15-23-36)41(53-29-35-20-12-7-13-21-35)38(57-47)33-51-28-34-18-10-6-11-19-34/h4-25,38-48H,1-2,26-33H2,3H3/t38-,39-,40+,41-,42-,43-,44+,45+,46+,47-/m1/s1. The Balaban J connectivity index is 1.38. The summed E-state index contributed by atoms with van der Waals surface area (Å²) in [5.74, 6) is 0. The van der Waals surface area contributed by atoms with Crippen molar-refractivity contribution in [2.75, 3.05) is 33.5 Å². The quantitative estimate of drug-likeness (QED) is 0.0650. The average molecular weight is 797 g/mol. The Morgan fingerprint density at radius 2 is 0.948 bits per heavy atom. The number of benzene rings is 4. The second-order valence-corrected chi connectivity index (χ2v) is 14.1. The Kier molecular flexibility index (Phi) is 17.6. The SMILES string of the molecule is C=CCOC[C@H]1O[C@H](OC)[C@@H](O)[C@@H](OCC=C)[C@@H]1O[C@H]1O[C@H](COCc2ccccc2)[C@@H](OCc2ccccc2)[C@H](OCc2ccccc2)[C@@H]1OCc1ccccc1. The van der Waals surface area contributed by atoms with Gasteiger partial charge in [-0.1, -0.05) is 133 Å². The van der Waals surface area contributed by atoms with E-state index in [1.54, 1.807) is 12.2 Å². The van der Waals surface area contributed by atoms with Gasteiger partial charge in [0, 0.05) is 7.11 Å². The van der Waals surface area contributed by atoms with Gasteiger partial charge in [0.15, 0.2) is 12.6 Å². The first kappa shape index (κ1) is 43.5. The van der Waals surface area contributed by atoms with Crippen LogP contribution in [0.1, 0.15) is 22.3 Å². The normalized spacial score (nSPS) is 27.2. The van der Waals surface area contributed by atoms with Crippen LogP contribution in [0.15, 0.2) is 147 Å². The van der Waals surface area contributed by atoms with Gasteiger partial charge in [-0.15, -0.1) is 13.2 Å². The number of ether oxygens (including phenoxy) is 10. The third-order valence-electron chi connectivity index (χ3n) is 9.90. The zero-order chi connectivity index (χ0) is 40.4. The van der Waals surface area contributed by atoms with Crippen LogP contribution < -0.4 is 0 Å². The molecule has 6 rings (SSSR count). The van der Waals surface area contributed by atoms with E-state index in [0.717, 1.165) is 22.3 Å². The summed E-state index contributed by atoms with van der Waals surface area (Å²) in [6, 6.07) is 39.7. The highest BCUT2D eigenvalue weighted by Gasteiger charge is 2.54. The molecule has 0 aliphatic carbocycles. The van der Waals surface area contributed by atoms with E-state index >= 15 is 0 Å². The molecule has 1 N–H and O–H groups in total. The Hall–Kier alpha value is -4.08. The van der Waals surface area contributed by atoms with Crippen molar-refractivity contribution >= 4 is 0 Å². The largest absolute Gasteiger partial charge is 0.385 e. The predicted molar refractivity (Wildman–Crippen MR) is 217 cm³/mol. The van der Waals surface area contributed by atoms with Crippen molar-refractivity contribution in [2.24, 2.45) is 0 Å². The van der Waals surface area contributed by atoms with E-state index in [2.05, 4.69) is 13.2 Å². The van der Waals surface area contributed by atoms with E-state index in [4.69, 9.17) is 47.4 Å². The lowest BCUT2D eigenvalue weighted by molar-refractivity contribution is -0.371. The van der Waals surface area contributed by atoms with Crippen LogP contribution in [-0.4, -0.2) is 100 Å². The van der Waals surface area contributed by atoms with Crippen molar-refractivity contribution in [1.29, 1.82) is 0 Å². The molecule has 2 fully saturated rings. The van der Waals surface area contributed by atoms with E-state index in [9.17, 15) is 5.11 Å². The van der Waals surface area contributed by atoms with Gasteiger partial charge >= 0.3 is 0 Å². The van der Waals surface area contributed by atoms with Crippen LogP contribution in [0.3, 0.4) is 0 Å². The fourth-order valence-electron chi connectivity index (χ4n) is 7.04. The molecule has 58 heavy (non-hydrogen) atoms. The van der Waals surface area contributed by atoms with Gasteiger partial charge in [-0.25, -0.2) is 0 Å². The topological polar surface area (TPSA) is 113 Å². The highest BCUT2D eigenvalue weighted by molar-refractivity contribution is 5.16. The number of hydrogen-bond acceptors (Lipinski definition) is 11. The molecule has 10 atom stereocenters. The first-order valence-corrected chi connectivity index (χ1v) is 19.7. The molecule has 2 heterocycles. The van der Waals surface area contributed by atoms with Gasteiger partial charge in [0.05, 0.1) is 52.9 Å². The highest BCUT2D eigenvalue weighted by atomic mass is 16.8. The molecular formula is C47H56O11. The van der Waals surface area contributed by atoms with Crippen molar-refractivity contribution in [3.05, 3.63) is 169 Å². The van der Waals surface area contributed by atoms with Crippen LogP contribution in [0, 0.1) is 0 Å². The second-order valence-electron chi connectivity index (χ2n) is 14.1. The Morgan fingerprint density at radius 3 is 1.47 bits per heavy atom. The molecule has 0 spiro atoms. The van der Waals surface area contributed by atoms with Crippen molar-refractivity contribution in [2.45, 2.75) is 87.8 Å². The highest BCUT2D eigenvalue weighted by Crippen LogP contribution is 2.35. The summed E-state index contributed by atoms with van der Waals surface area (Å²) in [5.41, 5.74) is 3.91. The molecule has 2 aliphatic rings. The van der Waals surface area contributed by atoms with E-state index in [0.29, 0.717) is 6.61 Å². The molecule has 11 nitrogen and oxygen atoms in total. The fraction of sp³-hybridized carbons (Fsp3) is 0.404. The van der Waals surface area contributed by atoms with Crippen LogP contribution in [0.4, 0.5) is 0 Å². The van der Waals surface area contributed by atoms with Gasteiger partial charge in [-0.3, -0.25) is 0 Å². The van der Waals surface area contributed by atoms with E-state index in [-0.39, 0.29) is 46.2 Å². The molecule has 2 aliphatic heterocycles. The van der Waals surface area contributed by atoms with Gasteiger partial charge in [0.1, 0.15) is 48.8 Å². The molecule has 0 amide bonds. The zero-order valence-electron chi connectivity index (χ0n) is 33.1. The van der Waals surface area contributed by atoms with E-state index in [1.807, 2.05) is 121 Å². The zero-order valence-corrected chi connectivity index (χ0v) is 33.1. The molecule has 0 radical (unpaired) electrons. The van der Waals surface area contributed by atoms with E-state index < -0.39 is 61.4 Å². The van der Waals surface area contributed by atoms with Crippen molar-refractivity contribution in [3.8, 4) is 0 Å². The number of aliphatic hydroxyl groups is 1. The first-order chi connectivity index (χ1) is 28.6. The summed E-state index contributed by atoms with van der Waals surface area (Å²) in [7, 11) is 1.46. The van der Waals surface area contributed by atoms with Gasteiger partial charge in [-0.05, 0) is 22.3 Å². The number of hydrogen-bond donors (Lipinski definition) is 1. The van der Waals surface area contributed by atoms with Gasteiger partial charge in [0.2, 0.25) is 0 Å². The van der Waals surface area contributed by atoms with Crippen LogP contribution >= 0.6 is 0 Å². The summed E-state index contributed by atoms with van der Waals surface area (Å²) in [6.45, 7) is 9.34. The molecule has 2 saturated heterocycles. The van der Waals surface area contributed by atoms with Crippen LogP contribution in [-0.2, 0) is 73.8 Å². The summed E-state index contributed by atoms with van der Waals surface area (Å²) < 4.78 is 64.7. The maximum absolute atomic E-state index is 11.5. The fourth-order valence-corrected chi connectivity index (χ4v) is 7.04. The first-order valence-electron chi connectivity index (χ1n) is 19.7. The van der Waals surface area contributed by atoms with Crippen LogP contribution in [0.2, 0.25) is 0 Å². The molecule has 4 aromatic rings. The lowest BCUT2D eigenvalue weighted by Gasteiger charge is -2.49. The molecule has 4 aromatic carbocycles. The Bertz CT molecular complexity index is 1730. The predicted octanol–water partition coefficient (Wildman–Crippen LogP) is 6.58. The van der Waals surface area contributed by atoms with Gasteiger partial charge < -0.3 is 52.5 Å². The Labute approximate surface area is 342 Å². The monoisotopic (exact) mass is 796 g/mol. The summed E-state index contributed by atoms with van der Waals surface area (Å²) in [6.07, 6.45) is -5.67. The summed E-state index contributed by atoms with van der Waals surface area (Å²) in [4.78, 5) is 0. The molecule has 0 saturated carbocycles. The molecule has 11 heteroatoms. The molecule has 0 aromatic heterocycles. The summed E-state index contributed by atoms with van der Waals surface area (Å²) >= 11 is 0. The molecule has 0 unspecified atom stereocenters. The lowest BCUT2D eigenvalue weighted by Crippen LogP contribution is -2.66. The van der Waals surface area contributed by atoms with Crippen LogP contribution in [0.5, 0.6) is 0 Å². The maximum atomic E-state index is 11.5. The minimum atomic E-state index is -1.23. The second kappa shape index (κ2) is 23.5. The van der Waals surface area contributed by atoms with Gasteiger partial charge in [-0.2, -0.15) is 0 Å².